The molecule has 0 aromatic heterocycles. The Hall–Kier alpha value is -1.80. The first kappa shape index (κ1) is 11.7. The molecule has 1 N–H and O–H groups in total. The van der Waals surface area contributed by atoms with Crippen molar-refractivity contribution < 1.29 is 9.84 Å². The summed E-state index contributed by atoms with van der Waals surface area (Å²) >= 11 is 0. The summed E-state index contributed by atoms with van der Waals surface area (Å²) in [6, 6.07) is 12.3. The summed E-state index contributed by atoms with van der Waals surface area (Å²) < 4.78 is 5.19. The molecule has 0 aliphatic rings. The molecule has 2 nitrogen and oxygen atoms in total. The number of ether oxygens (including phenoxy) is 1. The van der Waals surface area contributed by atoms with Crippen LogP contribution in [0.15, 0.2) is 42.5 Å². The lowest BCUT2D eigenvalue weighted by Crippen LogP contribution is -1.85. The smallest absolute Gasteiger partial charge is 0.119 e. The third kappa shape index (κ3) is 2.48. The number of rotatable bonds is 3. The van der Waals surface area contributed by atoms with Crippen molar-refractivity contribution in [3.8, 4) is 5.75 Å². The summed E-state index contributed by atoms with van der Waals surface area (Å²) in [5.41, 5.74) is 2.22. The molecule has 2 rings (SSSR count). The SMILES string of the molecule is COc1ccc2cc(/C(C)=C/CO)ccc2c1. The highest BCUT2D eigenvalue weighted by molar-refractivity contribution is 5.87. The van der Waals surface area contributed by atoms with Crippen LogP contribution in [0.2, 0.25) is 0 Å². The Morgan fingerprint density at radius 2 is 1.88 bits per heavy atom. The molecular weight excluding hydrogens is 212 g/mol. The molecule has 88 valence electrons. The van der Waals surface area contributed by atoms with Crippen molar-refractivity contribution in [1.29, 1.82) is 0 Å². The van der Waals surface area contributed by atoms with E-state index in [1.807, 2.05) is 31.2 Å². The van der Waals surface area contributed by atoms with E-state index < -0.39 is 0 Å². The van der Waals surface area contributed by atoms with Crippen LogP contribution in [0.3, 0.4) is 0 Å². The zero-order valence-electron chi connectivity index (χ0n) is 10.1. The Morgan fingerprint density at radius 3 is 2.59 bits per heavy atom. The van der Waals surface area contributed by atoms with Gasteiger partial charge in [0.05, 0.1) is 13.7 Å². The Kier molecular flexibility index (Phi) is 3.45. The maximum Gasteiger partial charge on any atom is 0.119 e. The first-order chi connectivity index (χ1) is 8.24. The van der Waals surface area contributed by atoms with Crippen LogP contribution in [0.1, 0.15) is 12.5 Å². The molecule has 0 radical (unpaired) electrons. The largest absolute Gasteiger partial charge is 0.497 e. The van der Waals surface area contributed by atoms with Crippen LogP contribution >= 0.6 is 0 Å². The normalized spacial score (nSPS) is 11.8. The van der Waals surface area contributed by atoms with E-state index in [0.717, 1.165) is 22.3 Å². The number of hydrogen-bond donors (Lipinski definition) is 1. The number of aliphatic hydroxyl groups excluding tert-OH is 1. The zero-order chi connectivity index (χ0) is 12.3. The highest BCUT2D eigenvalue weighted by Crippen LogP contribution is 2.24. The molecule has 0 unspecified atom stereocenters. The van der Waals surface area contributed by atoms with E-state index >= 15 is 0 Å². The third-order valence-corrected chi connectivity index (χ3v) is 2.90. The highest BCUT2D eigenvalue weighted by Gasteiger charge is 2.00. The van der Waals surface area contributed by atoms with Gasteiger partial charge in [0.25, 0.3) is 0 Å². The molecule has 0 aliphatic heterocycles. The Labute approximate surface area is 101 Å². The summed E-state index contributed by atoms with van der Waals surface area (Å²) in [7, 11) is 1.67. The van der Waals surface area contributed by atoms with E-state index in [0.29, 0.717) is 0 Å². The van der Waals surface area contributed by atoms with E-state index in [-0.39, 0.29) is 6.61 Å². The van der Waals surface area contributed by atoms with Gasteiger partial charge >= 0.3 is 0 Å². The molecule has 0 bridgehead atoms. The van der Waals surface area contributed by atoms with Crippen molar-refractivity contribution in [2.45, 2.75) is 6.92 Å². The number of benzene rings is 2. The van der Waals surface area contributed by atoms with Gasteiger partial charge in [-0.1, -0.05) is 24.3 Å². The van der Waals surface area contributed by atoms with Gasteiger partial charge in [-0.3, -0.25) is 0 Å². The van der Waals surface area contributed by atoms with Gasteiger partial charge in [0, 0.05) is 0 Å². The van der Waals surface area contributed by atoms with Crippen LogP contribution in [0.5, 0.6) is 5.75 Å². The van der Waals surface area contributed by atoms with E-state index in [9.17, 15) is 0 Å². The lowest BCUT2D eigenvalue weighted by molar-refractivity contribution is 0.343. The first-order valence-electron chi connectivity index (χ1n) is 5.60. The number of fused-ring (bicyclic) bond motifs is 1. The van der Waals surface area contributed by atoms with Gasteiger partial charge in [0.2, 0.25) is 0 Å². The minimum atomic E-state index is 0.0759. The summed E-state index contributed by atoms with van der Waals surface area (Å²) in [5.74, 6) is 0.868. The fraction of sp³-hybridized carbons (Fsp3) is 0.200. The second-order valence-electron chi connectivity index (χ2n) is 4.00. The van der Waals surface area contributed by atoms with Gasteiger partial charge in [0.15, 0.2) is 0 Å². The fourth-order valence-corrected chi connectivity index (χ4v) is 1.85. The molecule has 0 saturated carbocycles. The van der Waals surface area contributed by atoms with E-state index in [2.05, 4.69) is 18.2 Å². The van der Waals surface area contributed by atoms with Gasteiger partial charge in [-0.15, -0.1) is 0 Å². The molecule has 0 heterocycles. The van der Waals surface area contributed by atoms with Crippen LogP contribution in [-0.2, 0) is 0 Å². The molecule has 0 spiro atoms. The number of allylic oxidation sites excluding steroid dienone is 1. The van der Waals surface area contributed by atoms with E-state index in [4.69, 9.17) is 9.84 Å². The van der Waals surface area contributed by atoms with E-state index in [1.54, 1.807) is 7.11 Å². The predicted molar refractivity (Wildman–Crippen MR) is 71.2 cm³/mol. The van der Waals surface area contributed by atoms with Crippen LogP contribution in [0.25, 0.3) is 16.3 Å². The van der Waals surface area contributed by atoms with Crippen LogP contribution < -0.4 is 4.74 Å². The summed E-state index contributed by atoms with van der Waals surface area (Å²) in [6.45, 7) is 2.08. The summed E-state index contributed by atoms with van der Waals surface area (Å²) in [4.78, 5) is 0. The first-order valence-corrected chi connectivity index (χ1v) is 5.60. The molecule has 2 aromatic carbocycles. The molecule has 0 amide bonds. The topological polar surface area (TPSA) is 29.5 Å². The average molecular weight is 228 g/mol. The van der Waals surface area contributed by atoms with Crippen LogP contribution in [0, 0.1) is 0 Å². The monoisotopic (exact) mass is 228 g/mol. The number of aliphatic hydroxyl groups is 1. The van der Waals surface area contributed by atoms with Gasteiger partial charge in [0.1, 0.15) is 5.75 Å². The molecule has 2 heteroatoms. The molecule has 0 aliphatic carbocycles. The van der Waals surface area contributed by atoms with Crippen molar-refractivity contribution in [2.24, 2.45) is 0 Å². The van der Waals surface area contributed by atoms with Crippen molar-refractivity contribution in [1.82, 2.24) is 0 Å². The van der Waals surface area contributed by atoms with Crippen LogP contribution in [-0.4, -0.2) is 18.8 Å². The molecule has 0 fully saturated rings. The molecule has 17 heavy (non-hydrogen) atoms. The molecule has 2 aromatic rings. The van der Waals surface area contributed by atoms with Crippen molar-refractivity contribution in [3.63, 3.8) is 0 Å². The fourth-order valence-electron chi connectivity index (χ4n) is 1.85. The summed E-state index contributed by atoms with van der Waals surface area (Å²) in [6.07, 6.45) is 1.81. The Balaban J connectivity index is 2.48. The number of methoxy groups -OCH3 is 1. The molecular formula is C15H16O2. The lowest BCUT2D eigenvalue weighted by atomic mass is 10.0. The maximum atomic E-state index is 8.89. The van der Waals surface area contributed by atoms with Crippen molar-refractivity contribution in [3.05, 3.63) is 48.0 Å². The van der Waals surface area contributed by atoms with Gasteiger partial charge in [-0.05, 0) is 47.0 Å². The second kappa shape index (κ2) is 5.02. The van der Waals surface area contributed by atoms with Gasteiger partial charge in [-0.25, -0.2) is 0 Å². The quantitative estimate of drug-likeness (QED) is 0.873. The highest BCUT2D eigenvalue weighted by atomic mass is 16.5. The van der Waals surface area contributed by atoms with Gasteiger partial charge in [-0.2, -0.15) is 0 Å². The average Bonchev–Trinajstić information content (AvgIpc) is 2.37. The van der Waals surface area contributed by atoms with Crippen molar-refractivity contribution >= 4 is 16.3 Å². The van der Waals surface area contributed by atoms with Crippen molar-refractivity contribution in [2.75, 3.05) is 13.7 Å². The minimum Gasteiger partial charge on any atom is -0.497 e. The second-order valence-corrected chi connectivity index (χ2v) is 4.00. The molecule has 0 atom stereocenters. The summed E-state index contributed by atoms with van der Waals surface area (Å²) in [5, 5.41) is 11.2. The lowest BCUT2D eigenvalue weighted by Gasteiger charge is -2.06. The number of hydrogen-bond acceptors (Lipinski definition) is 2. The Bertz CT molecular complexity index is 556. The van der Waals surface area contributed by atoms with Gasteiger partial charge < -0.3 is 9.84 Å². The predicted octanol–water partition coefficient (Wildman–Crippen LogP) is 3.24. The maximum absolute atomic E-state index is 8.89. The van der Waals surface area contributed by atoms with Crippen LogP contribution in [0.4, 0.5) is 0 Å². The Morgan fingerprint density at radius 1 is 1.18 bits per heavy atom. The minimum absolute atomic E-state index is 0.0759. The van der Waals surface area contributed by atoms with E-state index in [1.165, 1.54) is 5.39 Å². The standard InChI is InChI=1S/C15H16O2/c1-11(7-8-16)12-3-4-14-10-15(17-2)6-5-13(14)9-12/h3-7,9-10,16H,8H2,1-2H3/b11-7+. The molecule has 0 saturated heterocycles. The third-order valence-electron chi connectivity index (χ3n) is 2.90. The zero-order valence-corrected chi connectivity index (χ0v) is 10.1.